The molecule has 0 N–H and O–H groups in total. The van der Waals surface area contributed by atoms with E-state index in [2.05, 4.69) is 18.0 Å². The Balaban J connectivity index is 1.68. The molecule has 0 bridgehead atoms. The first-order chi connectivity index (χ1) is 18.0. The van der Waals surface area contributed by atoms with E-state index in [9.17, 15) is 8.42 Å². The Morgan fingerprint density at radius 1 is 0.892 bits per heavy atom. The van der Waals surface area contributed by atoms with Crippen molar-refractivity contribution >= 4 is 44.1 Å². The van der Waals surface area contributed by atoms with Crippen molar-refractivity contribution in [3.05, 3.63) is 102 Å². The number of aryl methyl sites for hydroxylation is 1. The fraction of sp³-hybridized carbons (Fsp3) is 0.194. The lowest BCUT2D eigenvalue weighted by Gasteiger charge is -2.09. The second kappa shape index (κ2) is 10.6. The van der Waals surface area contributed by atoms with Crippen LogP contribution in [-0.4, -0.2) is 24.5 Å². The minimum atomic E-state index is -3.84. The summed E-state index contributed by atoms with van der Waals surface area (Å²) in [6.45, 7) is 2.18. The van der Waals surface area contributed by atoms with Gasteiger partial charge in [-0.15, -0.1) is 0 Å². The van der Waals surface area contributed by atoms with E-state index in [1.54, 1.807) is 37.6 Å². The number of hydrogen-bond donors (Lipinski definition) is 0. The number of unbranched alkanes of at least 4 members (excludes halogenated alkanes) is 2. The summed E-state index contributed by atoms with van der Waals surface area (Å²) in [5, 5.41) is 1.80. The van der Waals surface area contributed by atoms with E-state index in [-0.39, 0.29) is 4.90 Å². The first kappa shape index (κ1) is 24.8. The minimum absolute atomic E-state index is 0.246. The highest BCUT2D eigenvalue weighted by atomic mass is 32.2. The number of hydrogen-bond acceptors (Lipinski definition) is 4. The molecule has 2 heterocycles. The van der Waals surface area contributed by atoms with Gasteiger partial charge in [-0.2, -0.15) is 0 Å². The molecule has 0 saturated carbocycles. The summed E-state index contributed by atoms with van der Waals surface area (Å²) in [5.74, 6) is 0.814. The Hall–Kier alpha value is -3.90. The Bertz CT molecular complexity index is 1670. The summed E-state index contributed by atoms with van der Waals surface area (Å²) in [6.07, 6.45) is 9.99. The van der Waals surface area contributed by atoms with Gasteiger partial charge in [0.25, 0.3) is 10.0 Å². The molecule has 0 radical (unpaired) electrons. The number of fused-ring (bicyclic) bond motifs is 3. The van der Waals surface area contributed by atoms with Gasteiger partial charge in [-0.3, -0.25) is 0 Å². The molecule has 5 aromatic rings. The molecule has 0 aliphatic carbocycles. The summed E-state index contributed by atoms with van der Waals surface area (Å²) < 4.78 is 34.3. The van der Waals surface area contributed by atoms with Gasteiger partial charge >= 0.3 is 0 Å². The van der Waals surface area contributed by atoms with Gasteiger partial charge < -0.3 is 4.74 Å². The van der Waals surface area contributed by atoms with E-state index >= 15 is 0 Å². The molecule has 0 amide bonds. The van der Waals surface area contributed by atoms with Gasteiger partial charge in [0.05, 0.1) is 17.5 Å². The number of methoxy groups -OCH3 is 1. The maximum Gasteiger partial charge on any atom is 0.269 e. The van der Waals surface area contributed by atoms with Gasteiger partial charge in [0.15, 0.2) is 5.65 Å². The molecule has 3 aromatic carbocycles. The van der Waals surface area contributed by atoms with Gasteiger partial charge in [0.1, 0.15) is 5.75 Å². The fourth-order valence-electron chi connectivity index (χ4n) is 4.71. The lowest BCUT2D eigenvalue weighted by molar-refractivity contribution is 0.415. The average Bonchev–Trinajstić information content (AvgIpc) is 3.28. The summed E-state index contributed by atoms with van der Waals surface area (Å²) in [4.78, 5) is 4.84. The number of rotatable bonds is 9. The molecular weight excluding hydrogens is 480 g/mol. The SMILES string of the molecule is CCCCCc1ccnc2c1c1cc(/C=C/c3ccc(OC)cc3)ccc1n2S(=O)(=O)c1ccccc1. The highest BCUT2D eigenvalue weighted by molar-refractivity contribution is 7.90. The van der Waals surface area contributed by atoms with Crippen molar-refractivity contribution in [3.63, 3.8) is 0 Å². The van der Waals surface area contributed by atoms with Gasteiger partial charge in [-0.1, -0.05) is 68.3 Å². The van der Waals surface area contributed by atoms with Crippen LogP contribution in [-0.2, 0) is 16.4 Å². The lowest BCUT2D eigenvalue weighted by atomic mass is 10.0. The Morgan fingerprint density at radius 3 is 2.35 bits per heavy atom. The zero-order chi connectivity index (χ0) is 25.8. The van der Waals surface area contributed by atoms with Crippen LogP contribution in [0, 0.1) is 0 Å². The topological polar surface area (TPSA) is 61.2 Å². The molecule has 2 aromatic heterocycles. The first-order valence-electron chi connectivity index (χ1n) is 12.6. The number of ether oxygens (including phenoxy) is 1. The molecule has 37 heavy (non-hydrogen) atoms. The van der Waals surface area contributed by atoms with Crippen molar-refractivity contribution in [1.29, 1.82) is 0 Å². The largest absolute Gasteiger partial charge is 0.497 e. The third-order valence-corrected chi connectivity index (χ3v) is 8.35. The van der Waals surface area contributed by atoms with Crippen molar-refractivity contribution in [1.82, 2.24) is 8.96 Å². The van der Waals surface area contributed by atoms with Crippen LogP contribution in [0.5, 0.6) is 5.75 Å². The van der Waals surface area contributed by atoms with Crippen molar-refractivity contribution < 1.29 is 13.2 Å². The van der Waals surface area contributed by atoms with Gasteiger partial charge in [-0.05, 0) is 72.0 Å². The maximum absolute atomic E-state index is 13.8. The number of nitrogens with zero attached hydrogens (tertiary/aromatic N) is 2. The summed E-state index contributed by atoms with van der Waals surface area (Å²) in [7, 11) is -2.19. The molecule has 0 saturated heterocycles. The summed E-state index contributed by atoms with van der Waals surface area (Å²) in [5.41, 5.74) is 4.28. The van der Waals surface area contributed by atoms with Crippen LogP contribution in [0.15, 0.2) is 90.0 Å². The highest BCUT2D eigenvalue weighted by Crippen LogP contribution is 2.35. The van der Waals surface area contributed by atoms with Crippen molar-refractivity contribution in [2.75, 3.05) is 7.11 Å². The molecule has 5 rings (SSSR count). The molecule has 188 valence electrons. The average molecular weight is 511 g/mol. The molecule has 0 atom stereocenters. The fourth-order valence-corrected chi connectivity index (χ4v) is 6.20. The smallest absolute Gasteiger partial charge is 0.269 e. The molecule has 6 heteroatoms. The number of pyridine rings is 1. The van der Waals surface area contributed by atoms with E-state index in [4.69, 9.17) is 4.74 Å². The third kappa shape index (κ3) is 4.89. The predicted molar refractivity (Wildman–Crippen MR) is 151 cm³/mol. The summed E-state index contributed by atoms with van der Waals surface area (Å²) in [6, 6.07) is 24.4. The van der Waals surface area contributed by atoms with Crippen LogP contribution in [0.1, 0.15) is 42.9 Å². The van der Waals surface area contributed by atoms with E-state index in [0.29, 0.717) is 11.2 Å². The van der Waals surface area contributed by atoms with Crippen molar-refractivity contribution in [2.24, 2.45) is 0 Å². The molecule has 0 unspecified atom stereocenters. The van der Waals surface area contributed by atoms with E-state index in [0.717, 1.165) is 58.9 Å². The van der Waals surface area contributed by atoms with Crippen LogP contribution < -0.4 is 4.74 Å². The predicted octanol–water partition coefficient (Wildman–Crippen LogP) is 7.34. The van der Waals surface area contributed by atoms with Crippen molar-refractivity contribution in [2.45, 2.75) is 37.5 Å². The van der Waals surface area contributed by atoms with Crippen LogP contribution in [0.2, 0.25) is 0 Å². The number of aromatic nitrogens is 2. The molecule has 0 aliphatic rings. The monoisotopic (exact) mass is 510 g/mol. The third-order valence-electron chi connectivity index (χ3n) is 6.63. The van der Waals surface area contributed by atoms with E-state index in [1.165, 1.54) is 3.97 Å². The molecule has 5 nitrogen and oxygen atoms in total. The van der Waals surface area contributed by atoms with Gasteiger partial charge in [0, 0.05) is 17.0 Å². The minimum Gasteiger partial charge on any atom is -0.497 e. The molecular formula is C31H30N2O3S. The lowest BCUT2D eigenvalue weighted by Crippen LogP contribution is -2.13. The molecule has 0 fully saturated rings. The first-order valence-corrected chi connectivity index (χ1v) is 14.0. The normalized spacial score (nSPS) is 12.1. The van der Waals surface area contributed by atoms with Crippen LogP contribution in [0.4, 0.5) is 0 Å². The maximum atomic E-state index is 13.8. The number of benzene rings is 3. The van der Waals surface area contributed by atoms with Crippen LogP contribution in [0.25, 0.3) is 34.1 Å². The van der Waals surface area contributed by atoms with Crippen LogP contribution >= 0.6 is 0 Å². The Morgan fingerprint density at radius 2 is 1.62 bits per heavy atom. The zero-order valence-electron chi connectivity index (χ0n) is 21.1. The van der Waals surface area contributed by atoms with Crippen LogP contribution in [0.3, 0.4) is 0 Å². The second-order valence-electron chi connectivity index (χ2n) is 9.09. The Kier molecular flexibility index (Phi) is 7.10. The molecule has 0 spiro atoms. The summed E-state index contributed by atoms with van der Waals surface area (Å²) >= 11 is 0. The van der Waals surface area contributed by atoms with Gasteiger partial charge in [0.2, 0.25) is 0 Å². The van der Waals surface area contributed by atoms with E-state index in [1.807, 2.05) is 60.7 Å². The second-order valence-corrected chi connectivity index (χ2v) is 10.9. The Labute approximate surface area is 218 Å². The molecule has 0 aliphatic heterocycles. The highest BCUT2D eigenvalue weighted by Gasteiger charge is 2.25. The van der Waals surface area contributed by atoms with Crippen molar-refractivity contribution in [3.8, 4) is 5.75 Å². The van der Waals surface area contributed by atoms with Gasteiger partial charge in [-0.25, -0.2) is 17.4 Å². The zero-order valence-corrected chi connectivity index (χ0v) is 21.9. The quantitative estimate of drug-likeness (QED) is 0.154. The standard InChI is InChI=1S/C31H30N2O3S/c1-3-4-6-9-25-20-21-32-31-30(25)28-22-24(13-12-23-14-17-26(36-2)18-15-23)16-19-29(28)33(31)37(34,35)27-10-7-5-8-11-27/h5,7-8,10-22H,3-4,6,9H2,1-2H3/b13-12+. The van der Waals surface area contributed by atoms with E-state index < -0.39 is 10.0 Å².